The monoisotopic (exact) mass is 220 g/mol. The number of benzene rings is 1. The van der Waals surface area contributed by atoms with Crippen molar-refractivity contribution in [2.45, 2.75) is 6.18 Å². The van der Waals surface area contributed by atoms with Gasteiger partial charge in [-0.15, -0.1) is 0 Å². The second kappa shape index (κ2) is 4.12. The van der Waals surface area contributed by atoms with Gasteiger partial charge >= 0.3 is 13.3 Å². The van der Waals surface area contributed by atoms with E-state index >= 15 is 0 Å². The predicted octanol–water partition coefficient (Wildman–Crippen LogP) is 0.394. The van der Waals surface area contributed by atoms with E-state index in [1.807, 2.05) is 0 Å². The van der Waals surface area contributed by atoms with Crippen molar-refractivity contribution in [2.75, 3.05) is 7.11 Å². The molecule has 1 rings (SSSR count). The molecule has 0 atom stereocenters. The molecule has 3 nitrogen and oxygen atoms in total. The number of rotatable bonds is 2. The molecule has 0 amide bonds. The van der Waals surface area contributed by atoms with Gasteiger partial charge in [0, 0.05) is 5.46 Å². The van der Waals surface area contributed by atoms with E-state index in [1.165, 1.54) is 6.07 Å². The van der Waals surface area contributed by atoms with Gasteiger partial charge in [0.1, 0.15) is 5.75 Å². The molecule has 15 heavy (non-hydrogen) atoms. The number of hydrogen-bond donors (Lipinski definition) is 2. The summed E-state index contributed by atoms with van der Waals surface area (Å²) in [5.74, 6) is -0.208. The Kier molecular flexibility index (Phi) is 3.26. The van der Waals surface area contributed by atoms with E-state index in [9.17, 15) is 13.2 Å². The largest absolute Gasteiger partial charge is 0.497 e. The van der Waals surface area contributed by atoms with Crippen LogP contribution >= 0.6 is 0 Å². The summed E-state index contributed by atoms with van der Waals surface area (Å²) in [6, 6.07) is 3.12. The standard InChI is InChI=1S/C8H8BF3O3/c1-15-6-4-2-3-5(8(10,11)12)7(6)9(13)14/h2-4,13-14H,1H3. The zero-order valence-corrected chi connectivity index (χ0v) is 7.75. The van der Waals surface area contributed by atoms with E-state index < -0.39 is 24.3 Å². The molecule has 0 saturated heterocycles. The second-order valence-electron chi connectivity index (χ2n) is 2.79. The highest BCUT2D eigenvalue weighted by atomic mass is 19.4. The fourth-order valence-electron chi connectivity index (χ4n) is 1.24. The summed E-state index contributed by atoms with van der Waals surface area (Å²) in [5.41, 5.74) is -1.79. The molecular formula is C8H8BF3O3. The third-order valence-corrected chi connectivity index (χ3v) is 1.85. The van der Waals surface area contributed by atoms with Crippen LogP contribution in [0, 0.1) is 0 Å². The molecular weight excluding hydrogens is 212 g/mol. The van der Waals surface area contributed by atoms with Crippen LogP contribution in [0.3, 0.4) is 0 Å². The van der Waals surface area contributed by atoms with E-state index in [0.29, 0.717) is 0 Å². The highest BCUT2D eigenvalue weighted by Crippen LogP contribution is 2.29. The van der Waals surface area contributed by atoms with E-state index in [4.69, 9.17) is 10.0 Å². The molecule has 0 fully saturated rings. The molecule has 0 aliphatic rings. The Hall–Kier alpha value is -1.21. The summed E-state index contributed by atoms with van der Waals surface area (Å²) in [6.45, 7) is 0. The van der Waals surface area contributed by atoms with Crippen LogP contribution in [0.25, 0.3) is 0 Å². The maximum atomic E-state index is 12.4. The number of hydrogen-bond acceptors (Lipinski definition) is 3. The van der Waals surface area contributed by atoms with Gasteiger partial charge in [0.2, 0.25) is 0 Å². The number of methoxy groups -OCH3 is 1. The van der Waals surface area contributed by atoms with Crippen LogP contribution in [-0.2, 0) is 6.18 Å². The third-order valence-electron chi connectivity index (χ3n) is 1.85. The Balaban J connectivity index is 3.39. The molecule has 0 bridgehead atoms. The first-order chi connectivity index (χ1) is 6.88. The average Bonchev–Trinajstić information content (AvgIpc) is 2.15. The maximum Gasteiger partial charge on any atom is 0.492 e. The molecule has 0 heterocycles. The van der Waals surface area contributed by atoms with Crippen LogP contribution in [0.4, 0.5) is 13.2 Å². The van der Waals surface area contributed by atoms with Gasteiger partial charge in [-0.2, -0.15) is 13.2 Å². The molecule has 0 unspecified atom stereocenters. The van der Waals surface area contributed by atoms with Gasteiger partial charge in [0.25, 0.3) is 0 Å². The van der Waals surface area contributed by atoms with Gasteiger partial charge in [0.15, 0.2) is 0 Å². The van der Waals surface area contributed by atoms with Crippen LogP contribution in [0.5, 0.6) is 5.75 Å². The summed E-state index contributed by atoms with van der Waals surface area (Å²) in [5, 5.41) is 17.7. The first-order valence-corrected chi connectivity index (χ1v) is 3.98. The molecule has 1 aromatic rings. The van der Waals surface area contributed by atoms with Gasteiger partial charge in [0.05, 0.1) is 12.7 Å². The van der Waals surface area contributed by atoms with Gasteiger partial charge in [-0.05, 0) is 6.07 Å². The topological polar surface area (TPSA) is 49.7 Å². The molecule has 0 saturated carbocycles. The molecule has 0 radical (unpaired) electrons. The fraction of sp³-hybridized carbons (Fsp3) is 0.250. The number of alkyl halides is 3. The number of halogens is 3. The molecule has 82 valence electrons. The van der Waals surface area contributed by atoms with E-state index in [-0.39, 0.29) is 5.75 Å². The quantitative estimate of drug-likeness (QED) is 0.709. The molecule has 0 aliphatic carbocycles. The van der Waals surface area contributed by atoms with Crippen LogP contribution in [0.15, 0.2) is 18.2 Å². The maximum absolute atomic E-state index is 12.4. The zero-order valence-electron chi connectivity index (χ0n) is 7.75. The van der Waals surface area contributed by atoms with Crippen molar-refractivity contribution in [1.29, 1.82) is 0 Å². The summed E-state index contributed by atoms with van der Waals surface area (Å²) in [4.78, 5) is 0. The molecule has 1 aromatic carbocycles. The fourth-order valence-corrected chi connectivity index (χ4v) is 1.24. The van der Waals surface area contributed by atoms with Crippen molar-refractivity contribution in [1.82, 2.24) is 0 Å². The van der Waals surface area contributed by atoms with E-state index in [2.05, 4.69) is 4.74 Å². The summed E-state index contributed by atoms with van der Waals surface area (Å²) in [6.07, 6.45) is -4.65. The average molecular weight is 220 g/mol. The van der Waals surface area contributed by atoms with Crippen LogP contribution in [-0.4, -0.2) is 24.3 Å². The molecule has 7 heteroatoms. The summed E-state index contributed by atoms with van der Waals surface area (Å²) in [7, 11) is -1.07. The molecule has 0 aliphatic heterocycles. The minimum absolute atomic E-state index is 0.208. The Labute approximate surface area is 84.3 Å². The first-order valence-electron chi connectivity index (χ1n) is 3.98. The highest BCUT2D eigenvalue weighted by molar-refractivity contribution is 6.60. The van der Waals surface area contributed by atoms with Crippen LogP contribution < -0.4 is 10.2 Å². The van der Waals surface area contributed by atoms with Gasteiger partial charge < -0.3 is 14.8 Å². The minimum Gasteiger partial charge on any atom is -0.497 e. The Morgan fingerprint density at radius 2 is 1.87 bits per heavy atom. The lowest BCUT2D eigenvalue weighted by molar-refractivity contribution is -0.136. The predicted molar refractivity (Wildman–Crippen MR) is 47.8 cm³/mol. The Morgan fingerprint density at radius 3 is 2.27 bits per heavy atom. The number of ether oxygens (including phenoxy) is 1. The highest BCUT2D eigenvalue weighted by Gasteiger charge is 2.37. The molecule has 0 spiro atoms. The second-order valence-corrected chi connectivity index (χ2v) is 2.79. The Morgan fingerprint density at radius 1 is 1.27 bits per heavy atom. The first kappa shape index (κ1) is 11.9. The van der Waals surface area contributed by atoms with Gasteiger partial charge in [-0.25, -0.2) is 0 Å². The minimum atomic E-state index is -4.65. The SMILES string of the molecule is COc1cccc(C(F)(F)F)c1B(O)O. The van der Waals surface area contributed by atoms with Crippen molar-refractivity contribution in [3.8, 4) is 5.75 Å². The van der Waals surface area contributed by atoms with E-state index in [1.54, 1.807) is 0 Å². The lowest BCUT2D eigenvalue weighted by Crippen LogP contribution is -2.37. The normalized spacial score (nSPS) is 11.3. The van der Waals surface area contributed by atoms with Gasteiger partial charge in [-0.3, -0.25) is 0 Å². The van der Waals surface area contributed by atoms with Crippen LogP contribution in [0.1, 0.15) is 5.56 Å². The van der Waals surface area contributed by atoms with Crippen molar-refractivity contribution in [2.24, 2.45) is 0 Å². The Bertz CT molecular complexity index is 351. The van der Waals surface area contributed by atoms with E-state index in [0.717, 1.165) is 19.2 Å². The molecule has 0 aromatic heterocycles. The van der Waals surface area contributed by atoms with Gasteiger partial charge in [-0.1, -0.05) is 12.1 Å². The van der Waals surface area contributed by atoms with Crippen molar-refractivity contribution < 1.29 is 28.0 Å². The molecule has 2 N–H and O–H groups in total. The van der Waals surface area contributed by atoms with Crippen molar-refractivity contribution >= 4 is 12.6 Å². The third kappa shape index (κ3) is 2.43. The van der Waals surface area contributed by atoms with Crippen molar-refractivity contribution in [3.63, 3.8) is 0 Å². The smallest absolute Gasteiger partial charge is 0.492 e. The van der Waals surface area contributed by atoms with Crippen LogP contribution in [0.2, 0.25) is 0 Å². The van der Waals surface area contributed by atoms with Crippen molar-refractivity contribution in [3.05, 3.63) is 23.8 Å². The lowest BCUT2D eigenvalue weighted by Gasteiger charge is -2.15. The lowest BCUT2D eigenvalue weighted by atomic mass is 9.76. The summed E-state index contributed by atoms with van der Waals surface area (Å²) < 4.78 is 42.0. The summed E-state index contributed by atoms with van der Waals surface area (Å²) >= 11 is 0. The zero-order chi connectivity index (χ0) is 11.6.